The Morgan fingerprint density at radius 2 is 0.690 bits per heavy atom. The van der Waals surface area contributed by atoms with Crippen molar-refractivity contribution in [2.75, 3.05) is 30.4 Å². The fraction of sp³-hybridized carbons (Fsp3) is 0.217. The number of rotatable bonds is 18. The molecule has 16 aromatic rings. The third kappa shape index (κ3) is 19.9. The summed E-state index contributed by atoms with van der Waals surface area (Å²) in [6.45, 7) is 26.7. The predicted octanol–water partition coefficient (Wildman–Crippen LogP) is 17.1. The molecule has 0 amide bonds. The second kappa shape index (κ2) is 35.1. The van der Waals surface area contributed by atoms with E-state index in [0.29, 0.717) is 73.1 Å². The largest absolute Gasteiger partial charge is 0.384 e. The van der Waals surface area contributed by atoms with Gasteiger partial charge in [0.2, 0.25) is 6.20 Å². The number of nitrogens with two attached hydrogens (primary N) is 2. The first-order valence-electron chi connectivity index (χ1n) is 39.8. The zero-order chi connectivity index (χ0) is 91.0. The average Bonchev–Trinajstić information content (AvgIpc) is 1.39. The van der Waals surface area contributed by atoms with Crippen molar-refractivity contribution in [2.24, 2.45) is 0 Å². The van der Waals surface area contributed by atoms with E-state index in [1.807, 2.05) is 88.4 Å². The summed E-state index contributed by atoms with van der Waals surface area (Å²) in [7, 11) is -15.5. The zero-order valence-corrected chi connectivity index (χ0v) is 75.0. The Bertz CT molecular complexity index is 7240. The number of hydrogen-bond donors (Lipinski definition) is 8. The SMILES string of the molecule is CC(C)(C)c1ccc(S(=O)(=O)Nc2cc(CF)nn2-c2cccc3c2ccc[n+]3O)cc1.CC(C)(C)c1ccc(S(=O)(=O)Nc2cc(CF)nn2-c2cccc3ncccc23)cc1.Cc1cc(NS(=O)(=O)c2ccc(C(C)(C)C)cc2)n(-c2cccc3c2ccc(N)[n+]3O)n1.Cc1cc(NS(=O)(=O)c2ccc(C(C)(C)C)cc2)n(-c2cccc3nc(N)ccc23)n1. The minimum atomic E-state index is -3.95. The van der Waals surface area contributed by atoms with E-state index in [1.54, 1.807) is 188 Å². The molecular formula is C92H98F2N18O10S4+2. The Labute approximate surface area is 730 Å². The molecule has 16 rings (SSSR count). The van der Waals surface area contributed by atoms with Gasteiger partial charge in [-0.1, -0.05) is 156 Å². The van der Waals surface area contributed by atoms with Crippen molar-refractivity contribution in [3.05, 3.63) is 300 Å². The van der Waals surface area contributed by atoms with E-state index >= 15 is 0 Å². The van der Waals surface area contributed by atoms with Gasteiger partial charge in [0.15, 0.2) is 5.52 Å². The van der Waals surface area contributed by atoms with Gasteiger partial charge in [0, 0.05) is 64.2 Å². The molecule has 0 fully saturated rings. The summed E-state index contributed by atoms with van der Waals surface area (Å²) in [5.41, 5.74) is 21.7. The number of alkyl halides is 2. The quantitative estimate of drug-likeness (QED) is 0.0292. The van der Waals surface area contributed by atoms with Gasteiger partial charge in [0.25, 0.3) is 45.6 Å². The second-order valence-electron chi connectivity index (χ2n) is 34.1. The van der Waals surface area contributed by atoms with E-state index in [4.69, 9.17) is 11.5 Å². The molecule has 0 radical (unpaired) electrons. The van der Waals surface area contributed by atoms with Crippen LogP contribution in [0.2, 0.25) is 0 Å². The van der Waals surface area contributed by atoms with Gasteiger partial charge in [-0.2, -0.15) is 20.4 Å². The molecule has 0 aliphatic heterocycles. The van der Waals surface area contributed by atoms with E-state index in [-0.39, 0.29) is 75.9 Å². The predicted molar refractivity (Wildman–Crippen MR) is 486 cm³/mol. The van der Waals surface area contributed by atoms with Crippen LogP contribution in [-0.2, 0) is 75.1 Å². The van der Waals surface area contributed by atoms with Crippen molar-refractivity contribution in [1.29, 1.82) is 0 Å². The highest BCUT2D eigenvalue weighted by molar-refractivity contribution is 7.93. The number of sulfonamides is 4. The molecule has 34 heteroatoms. The van der Waals surface area contributed by atoms with Crippen LogP contribution in [-0.4, -0.2) is 93.2 Å². The maximum Gasteiger partial charge on any atom is 0.312 e. The van der Waals surface area contributed by atoms with Crippen LogP contribution < -0.4 is 39.8 Å². The minimum Gasteiger partial charge on any atom is -0.384 e. The van der Waals surface area contributed by atoms with Crippen molar-refractivity contribution in [1.82, 2.24) is 49.1 Å². The normalized spacial score (nSPS) is 12.3. The number of nitrogens with one attached hydrogen (secondary N) is 4. The molecule has 126 heavy (non-hydrogen) atoms. The highest BCUT2D eigenvalue weighted by Gasteiger charge is 2.29. The molecule has 0 atom stereocenters. The number of anilines is 6. The van der Waals surface area contributed by atoms with E-state index < -0.39 is 53.4 Å². The third-order valence-electron chi connectivity index (χ3n) is 20.6. The molecule has 652 valence electrons. The summed E-state index contributed by atoms with van der Waals surface area (Å²) in [6, 6.07) is 68.6. The summed E-state index contributed by atoms with van der Waals surface area (Å²) in [6.07, 6.45) is 3.15. The molecule has 0 aliphatic rings. The van der Waals surface area contributed by atoms with E-state index in [9.17, 15) is 52.9 Å². The Morgan fingerprint density at radius 1 is 0.365 bits per heavy atom. The molecule has 0 bridgehead atoms. The van der Waals surface area contributed by atoms with Crippen molar-refractivity contribution in [2.45, 2.75) is 152 Å². The lowest BCUT2D eigenvalue weighted by Gasteiger charge is -2.19. The number of nitrogen functional groups attached to an aromatic ring is 2. The molecule has 0 saturated carbocycles. The van der Waals surface area contributed by atoms with Gasteiger partial charge in [-0.05, 0) is 190 Å². The van der Waals surface area contributed by atoms with Gasteiger partial charge < -0.3 is 10.9 Å². The minimum absolute atomic E-state index is 0.0583. The van der Waals surface area contributed by atoms with Gasteiger partial charge in [-0.25, -0.2) is 66.2 Å². The summed E-state index contributed by atoms with van der Waals surface area (Å²) < 4.78 is 150. The molecule has 28 nitrogen and oxygen atoms in total. The van der Waals surface area contributed by atoms with Gasteiger partial charge in [0.05, 0.1) is 86.9 Å². The standard InChI is InChI=1S/C23H24FN4O3S.C23H23FN4O2S.C23H25N5O3S.C23H25N5O2S/c1-23(2,3)16-9-11-18(12-10-16)32(30,31)26-22-14-17(15-24)25-28(22)21-8-4-7-20-19(21)6-5-13-27(20)29;1-23(2,3)16-9-11-18(12-10-16)31(29,30)27-22-14-17(15-24)26-28(22)21-8-4-7-20-19(21)6-5-13-25-20;1-15-14-22(26-32(30,31)17-10-8-16(9-11-17)23(2,3)4)27(25-15)19-6-5-7-20-18(19)12-13-21(24)28(20)29;1-15-14-22(27-31(29,30)17-10-8-16(9-11-17)23(2,3)4)28(26-15)20-7-5-6-19-18(20)12-13-21(24)25-19/h4-14,26,29H,15H2,1-3H3;4-14,27H,15H2,1-3H3;5-14,24,29H,1-4H3,(H,25,26);5-14,27H,1-4H3,(H2,24,25)/q+1;;;/p+1. The first-order valence-corrected chi connectivity index (χ1v) is 45.8. The Balaban J connectivity index is 0.000000144. The molecule has 8 heterocycles. The number of nitrogens with zero attached hydrogens (tertiary/aromatic N) is 12. The Kier molecular flexibility index (Phi) is 25.1. The summed E-state index contributed by atoms with van der Waals surface area (Å²) in [5.74, 6) is 1.49. The number of aromatic nitrogens is 12. The van der Waals surface area contributed by atoms with Gasteiger partial charge >= 0.3 is 5.82 Å². The van der Waals surface area contributed by atoms with Crippen LogP contribution in [0.25, 0.3) is 66.4 Å². The highest BCUT2D eigenvalue weighted by Crippen LogP contribution is 2.35. The first-order chi connectivity index (χ1) is 59.3. The molecule has 0 aliphatic carbocycles. The lowest BCUT2D eigenvalue weighted by molar-refractivity contribution is -0.884. The number of hydrogen-bond acceptors (Lipinski definition) is 18. The zero-order valence-electron chi connectivity index (χ0n) is 71.7. The number of fused-ring (bicyclic) bond motifs is 4. The van der Waals surface area contributed by atoms with Crippen molar-refractivity contribution >= 4 is 119 Å². The van der Waals surface area contributed by atoms with Crippen LogP contribution >= 0.6 is 0 Å². The molecule has 8 aromatic carbocycles. The van der Waals surface area contributed by atoms with Crippen molar-refractivity contribution in [3.8, 4) is 22.7 Å². The molecule has 0 spiro atoms. The number of benzene rings is 8. The van der Waals surface area contributed by atoms with E-state index in [2.05, 4.69) is 112 Å². The van der Waals surface area contributed by atoms with E-state index in [1.165, 1.54) is 32.4 Å². The Hall–Kier alpha value is -13.7. The topological polar surface area (TPSA) is 382 Å². The average molecular weight is 1780 g/mol. The molecule has 0 unspecified atom stereocenters. The first kappa shape index (κ1) is 90.0. The molecule has 0 saturated heterocycles. The number of aryl methyl sites for hydroxylation is 2. The fourth-order valence-corrected chi connectivity index (χ4v) is 17.9. The molecule has 10 N–H and O–H groups in total. The van der Waals surface area contributed by atoms with Gasteiger partial charge in [0.1, 0.15) is 42.4 Å². The maximum absolute atomic E-state index is 13.4. The van der Waals surface area contributed by atoms with Gasteiger partial charge in [-0.15, -0.1) is 0 Å². The lowest BCUT2D eigenvalue weighted by atomic mass is 9.87. The lowest BCUT2D eigenvalue weighted by Crippen LogP contribution is -2.34. The Morgan fingerprint density at radius 3 is 1.08 bits per heavy atom. The van der Waals surface area contributed by atoms with E-state index in [0.717, 1.165) is 48.0 Å². The summed E-state index contributed by atoms with van der Waals surface area (Å²) in [5, 5.41) is 40.7. The monoisotopic (exact) mass is 1780 g/mol. The highest BCUT2D eigenvalue weighted by atomic mass is 32.2. The molecule has 8 aromatic heterocycles. The van der Waals surface area contributed by atoms with Crippen LogP contribution in [0, 0.1) is 13.8 Å². The van der Waals surface area contributed by atoms with Crippen LogP contribution in [0.3, 0.4) is 0 Å². The van der Waals surface area contributed by atoms with Crippen LogP contribution in [0.5, 0.6) is 0 Å². The maximum atomic E-state index is 13.4. The smallest absolute Gasteiger partial charge is 0.312 e. The molecular weight excluding hydrogens is 1680 g/mol. The van der Waals surface area contributed by atoms with Crippen molar-refractivity contribution < 1.29 is 62.3 Å². The second-order valence-corrected chi connectivity index (χ2v) is 40.8. The number of halogens is 2. The fourth-order valence-electron chi connectivity index (χ4n) is 13.8. The number of pyridine rings is 4. The van der Waals surface area contributed by atoms with Crippen LogP contribution in [0.15, 0.2) is 275 Å². The summed E-state index contributed by atoms with van der Waals surface area (Å²) in [4.78, 5) is 9.23. The third-order valence-corrected chi connectivity index (χ3v) is 26.0. The van der Waals surface area contributed by atoms with Crippen molar-refractivity contribution in [3.63, 3.8) is 0 Å². The summed E-state index contributed by atoms with van der Waals surface area (Å²) >= 11 is 0. The van der Waals surface area contributed by atoms with Gasteiger partial charge in [-0.3, -0.25) is 34.8 Å². The van der Waals surface area contributed by atoms with Crippen LogP contribution in [0.4, 0.5) is 43.7 Å². The van der Waals surface area contributed by atoms with Crippen LogP contribution in [0.1, 0.15) is 128 Å².